The minimum absolute atomic E-state index is 0.793. The van der Waals surface area contributed by atoms with Crippen molar-refractivity contribution in [1.29, 1.82) is 0 Å². The average molecular weight is 1580 g/mol. The first kappa shape index (κ1) is 69.2. The van der Waals surface area contributed by atoms with Crippen LogP contribution < -0.4 is 9.80 Å². The van der Waals surface area contributed by atoms with Crippen LogP contribution in [-0.2, 0) is 0 Å². The van der Waals surface area contributed by atoms with Gasteiger partial charge in [0.05, 0.1) is 0 Å². The highest BCUT2D eigenvalue weighted by atomic mass is 32.1. The molecule has 25 rings (SSSR count). The molecule has 0 amide bonds. The Morgan fingerprint density at radius 1 is 0.164 bits per heavy atom. The van der Waals surface area contributed by atoms with Crippen LogP contribution in [0, 0.1) is 0 Å². The maximum atomic E-state index is 7.14. The number of nitrogens with zero attached hydrogens (tertiary/aromatic N) is 2. The molecular formula is C114H68N2O5S. The van der Waals surface area contributed by atoms with E-state index in [0.29, 0.717) is 0 Å². The molecule has 0 aliphatic heterocycles. The quantitative estimate of drug-likeness (QED) is 0.107. The van der Waals surface area contributed by atoms with Gasteiger partial charge < -0.3 is 31.9 Å². The summed E-state index contributed by atoms with van der Waals surface area (Å²) in [5.41, 5.74) is 32.2. The largest absolute Gasteiger partial charge is 0.456 e. The number of anilines is 6. The van der Waals surface area contributed by atoms with Crippen molar-refractivity contribution in [2.45, 2.75) is 0 Å². The minimum atomic E-state index is 0.793. The van der Waals surface area contributed by atoms with Crippen molar-refractivity contribution in [2.24, 2.45) is 0 Å². The number of fused-ring (bicyclic) bond motifs is 18. The topological polar surface area (TPSA) is 72.2 Å². The van der Waals surface area contributed by atoms with Crippen LogP contribution in [-0.4, -0.2) is 0 Å². The number of benzene rings is 19. The van der Waals surface area contributed by atoms with Gasteiger partial charge >= 0.3 is 0 Å². The Morgan fingerprint density at radius 2 is 0.459 bits per heavy atom. The van der Waals surface area contributed by atoms with E-state index in [2.05, 4.69) is 386 Å². The van der Waals surface area contributed by atoms with Crippen molar-refractivity contribution < 1.29 is 22.1 Å². The van der Waals surface area contributed by atoms with Crippen LogP contribution in [0.15, 0.2) is 435 Å². The summed E-state index contributed by atoms with van der Waals surface area (Å²) in [5, 5.41) is 13.4. The van der Waals surface area contributed by atoms with Crippen molar-refractivity contribution >= 4 is 175 Å². The highest BCUT2D eigenvalue weighted by Crippen LogP contribution is 2.50. The summed E-state index contributed by atoms with van der Waals surface area (Å²) >= 11 is 1.87. The second kappa shape index (κ2) is 27.8. The molecule has 0 saturated carbocycles. The van der Waals surface area contributed by atoms with Crippen molar-refractivity contribution in [3.05, 3.63) is 413 Å². The third-order valence-corrected chi connectivity index (χ3v) is 26.0. The first-order valence-corrected chi connectivity index (χ1v) is 42.1. The highest BCUT2D eigenvalue weighted by molar-refractivity contribution is 7.26. The van der Waals surface area contributed by atoms with E-state index in [1.807, 2.05) is 47.7 Å². The molecule has 0 aliphatic rings. The van der Waals surface area contributed by atoms with E-state index in [-0.39, 0.29) is 0 Å². The summed E-state index contributed by atoms with van der Waals surface area (Å²) in [4.78, 5) is 4.70. The summed E-state index contributed by atoms with van der Waals surface area (Å²) in [5.74, 6) is 0. The molecular weight excluding hydrogens is 1510 g/mol. The SMILES string of the molecule is c1ccc2c(c1)oc1ccc(-c3ccc(N(c4ccc(-c5cccc6oc7ccccc7c56)cc4)c4ccc(-c5cccc6oc7c(-c8ccc(-c9ccc(N(c%10ccc(-c%11ccc(-c%12cccc%13c%12sc%12ccccc%12%13)cc%11)cc%10)c%10ccc(-c%11cccc%12oc%13ccccc%13c%11%12)cc%10)cc9)c9c8oc8ccccc89)cccc7c56)cc4)cc3)cc12. The van der Waals surface area contributed by atoms with Crippen molar-refractivity contribution in [2.75, 3.05) is 9.80 Å². The van der Waals surface area contributed by atoms with Gasteiger partial charge in [-0.25, -0.2) is 0 Å². The maximum absolute atomic E-state index is 7.14. The lowest BCUT2D eigenvalue weighted by atomic mass is 9.93. The Bertz CT molecular complexity index is 8480. The summed E-state index contributed by atoms with van der Waals surface area (Å²) in [6.07, 6.45) is 0. The Kier molecular flexibility index (Phi) is 15.8. The summed E-state index contributed by atoms with van der Waals surface area (Å²) in [6.45, 7) is 0. The lowest BCUT2D eigenvalue weighted by Crippen LogP contribution is -2.09. The van der Waals surface area contributed by atoms with Crippen LogP contribution in [0.3, 0.4) is 0 Å². The van der Waals surface area contributed by atoms with Gasteiger partial charge in [-0.1, -0.05) is 273 Å². The molecule has 0 spiro atoms. The number of para-hydroxylation sites is 5. The van der Waals surface area contributed by atoms with Crippen LogP contribution in [0.5, 0.6) is 0 Å². The van der Waals surface area contributed by atoms with Crippen LogP contribution in [0.2, 0.25) is 0 Å². The zero-order valence-corrected chi connectivity index (χ0v) is 66.4. The average Bonchev–Trinajstić information content (AvgIpc) is 1.55. The standard InChI is InChI=1S/C114H68N2O5S/c1-6-28-99-89(16-1)98-68-77(52-67-103(98)117-99)71-42-55-79(56-43-71)116(81-59-46-73(47-60-81)85-22-14-33-105-109(85)95-19-3-8-30-101(95)119-105)82-61-48-74(49-62-82)86-23-15-34-106-110(86)97-27-12-25-91(112(97)121-106)92-66-65-87(111-96-20-4-9-31-102(96)120-113(92)111)75-50-63-83(64-51-75)115(80-57-44-72(45-58-80)84-21-13-32-104-108(84)94-18-2-7-29-100(94)118-104)78-53-40-70(41-54-78)69-36-38-76(39-37-69)88-24-11-26-93-90-17-5-10-35-107(90)122-114(88)93/h1-68H. The molecule has 0 radical (unpaired) electrons. The van der Waals surface area contributed by atoms with E-state index in [4.69, 9.17) is 22.1 Å². The second-order valence-corrected chi connectivity index (χ2v) is 32.7. The Morgan fingerprint density at radius 3 is 0.975 bits per heavy atom. The molecule has 0 N–H and O–H groups in total. The lowest BCUT2D eigenvalue weighted by molar-refractivity contribution is 0.665. The van der Waals surface area contributed by atoms with Gasteiger partial charge in [-0.15, -0.1) is 11.3 Å². The lowest BCUT2D eigenvalue weighted by Gasteiger charge is -2.26. The van der Waals surface area contributed by atoms with Crippen LogP contribution in [0.25, 0.3) is 219 Å². The van der Waals surface area contributed by atoms with Crippen LogP contribution in [0.4, 0.5) is 34.1 Å². The molecule has 6 heterocycles. The molecule has 0 saturated heterocycles. The molecule has 25 aromatic rings. The molecule has 0 bridgehead atoms. The maximum Gasteiger partial charge on any atom is 0.144 e. The van der Waals surface area contributed by atoms with Crippen LogP contribution >= 0.6 is 11.3 Å². The van der Waals surface area contributed by atoms with Gasteiger partial charge in [0.15, 0.2) is 0 Å². The molecule has 7 nitrogen and oxygen atoms in total. The molecule has 8 heteroatoms. The van der Waals surface area contributed by atoms with E-state index >= 15 is 0 Å². The van der Waals surface area contributed by atoms with E-state index < -0.39 is 0 Å². The monoisotopic (exact) mass is 1580 g/mol. The Labute approximate surface area is 703 Å². The van der Waals surface area contributed by atoms with Gasteiger partial charge in [-0.2, -0.15) is 0 Å². The Balaban J connectivity index is 0.553. The molecule has 122 heavy (non-hydrogen) atoms. The van der Waals surface area contributed by atoms with Gasteiger partial charge in [0.2, 0.25) is 0 Å². The predicted octanol–water partition coefficient (Wildman–Crippen LogP) is 33.8. The van der Waals surface area contributed by atoms with Crippen molar-refractivity contribution in [3.63, 3.8) is 0 Å². The van der Waals surface area contributed by atoms with E-state index in [9.17, 15) is 0 Å². The molecule has 0 aliphatic carbocycles. The number of furan rings is 5. The molecule has 0 unspecified atom stereocenters. The fourth-order valence-electron chi connectivity index (χ4n) is 19.0. The third-order valence-electron chi connectivity index (χ3n) is 24.8. The molecule has 570 valence electrons. The zero-order valence-electron chi connectivity index (χ0n) is 65.6. The minimum Gasteiger partial charge on any atom is -0.456 e. The van der Waals surface area contributed by atoms with Gasteiger partial charge in [-0.3, -0.25) is 0 Å². The van der Waals surface area contributed by atoms with Crippen molar-refractivity contribution in [1.82, 2.24) is 0 Å². The fourth-order valence-corrected chi connectivity index (χ4v) is 20.2. The predicted molar refractivity (Wildman–Crippen MR) is 509 cm³/mol. The summed E-state index contributed by atoms with van der Waals surface area (Å²) in [7, 11) is 0. The zero-order chi connectivity index (χ0) is 80.0. The number of rotatable bonds is 14. The number of hydrogen-bond acceptors (Lipinski definition) is 8. The third kappa shape index (κ3) is 11.3. The van der Waals surface area contributed by atoms with Crippen LogP contribution in [0.1, 0.15) is 0 Å². The Hall–Kier alpha value is -16.0. The van der Waals surface area contributed by atoms with Gasteiger partial charge in [0, 0.05) is 119 Å². The van der Waals surface area contributed by atoms with E-state index in [1.54, 1.807) is 0 Å². The number of hydrogen-bond donors (Lipinski definition) is 0. The van der Waals surface area contributed by atoms with Gasteiger partial charge in [-0.05, 0) is 217 Å². The molecule has 6 aromatic heterocycles. The fraction of sp³-hybridized carbons (Fsp3) is 0. The smallest absolute Gasteiger partial charge is 0.144 e. The van der Waals surface area contributed by atoms with Gasteiger partial charge in [0.25, 0.3) is 0 Å². The highest BCUT2D eigenvalue weighted by Gasteiger charge is 2.26. The van der Waals surface area contributed by atoms with Crippen molar-refractivity contribution in [3.8, 4) is 89.0 Å². The second-order valence-electron chi connectivity index (χ2n) is 31.6. The van der Waals surface area contributed by atoms with E-state index in [0.717, 1.165) is 222 Å². The summed E-state index contributed by atoms with van der Waals surface area (Å²) < 4.78 is 35.8. The first-order valence-electron chi connectivity index (χ1n) is 41.3. The first-order chi connectivity index (χ1) is 60.4. The molecule has 0 atom stereocenters. The van der Waals surface area contributed by atoms with E-state index in [1.165, 1.54) is 31.3 Å². The van der Waals surface area contributed by atoms with Gasteiger partial charge in [0.1, 0.15) is 55.8 Å². The summed E-state index contributed by atoms with van der Waals surface area (Å²) in [6, 6.07) is 148. The molecule has 0 fully saturated rings. The normalized spacial score (nSPS) is 11.9. The molecule has 19 aromatic carbocycles. The number of thiophene rings is 1.